The highest BCUT2D eigenvalue weighted by Crippen LogP contribution is 2.40. The van der Waals surface area contributed by atoms with Crippen molar-refractivity contribution < 1.29 is 56.5 Å². The SMILES string of the molecule is CCOC(=O)CCc1ccc(N2C[C@@H]3CN(CC4=C(C(=O)OC)[C@H](c5ccc(F)cc5Cl)N=C(c5nccs5)N4)CCN3C2=O)cc1.COC(=O)C1=C(CN2CCN3C(=O)N(c4ccc(CCC(=O)OC(C)C)cc4)C[C@@H]3C2)NC(c2nccs2)=N[C@H]1c1ccc(F)cc1Cl. The fourth-order valence-corrected chi connectivity index (χ4v) is 14.1. The van der Waals surface area contributed by atoms with E-state index in [9.17, 15) is 37.5 Å². The summed E-state index contributed by atoms with van der Waals surface area (Å²) < 4.78 is 48.7. The maximum Gasteiger partial charge on any atom is 0.338 e. The van der Waals surface area contributed by atoms with E-state index < -0.39 is 35.7 Å². The molecule has 2 aromatic heterocycles. The van der Waals surface area contributed by atoms with E-state index in [1.54, 1.807) is 29.1 Å². The number of esters is 4. The maximum atomic E-state index is 14.0. The summed E-state index contributed by atoms with van der Waals surface area (Å²) in [5, 5.41) is 11.9. The third-order valence-corrected chi connectivity index (χ3v) is 19.1. The van der Waals surface area contributed by atoms with Gasteiger partial charge in [-0.1, -0.05) is 59.6 Å². The number of amides is 4. The average molecular weight is 1380 g/mol. The van der Waals surface area contributed by atoms with Crippen LogP contribution in [0, 0.1) is 11.6 Å². The molecule has 4 saturated heterocycles. The molecule has 0 saturated carbocycles. The molecule has 2 N–H and O–H groups in total. The predicted molar refractivity (Wildman–Crippen MR) is 357 cm³/mol. The zero-order valence-electron chi connectivity index (χ0n) is 52.8. The lowest BCUT2D eigenvalue weighted by Crippen LogP contribution is -2.53. The molecule has 4 fully saturated rings. The molecule has 4 atom stereocenters. The molecule has 498 valence electrons. The van der Waals surface area contributed by atoms with Crippen molar-refractivity contribution in [2.75, 3.05) is 96.1 Å². The molecule has 6 aliphatic heterocycles. The third kappa shape index (κ3) is 15.7. The molecule has 0 aliphatic carbocycles. The zero-order valence-corrected chi connectivity index (χ0v) is 55.9. The number of aryl methyl sites for hydroxylation is 2. The normalized spacial score (nSPS) is 19.7. The molecule has 0 spiro atoms. The van der Waals surface area contributed by atoms with Crippen LogP contribution in [0.4, 0.5) is 29.7 Å². The van der Waals surface area contributed by atoms with Crippen LogP contribution < -0.4 is 20.4 Å². The van der Waals surface area contributed by atoms with Crippen molar-refractivity contribution in [2.24, 2.45) is 9.98 Å². The summed E-state index contributed by atoms with van der Waals surface area (Å²) >= 11 is 15.8. The Hall–Kier alpha value is -8.66. The highest BCUT2D eigenvalue weighted by atomic mass is 35.5. The fraction of sp³-hybridized carbons (Fsp3) is 0.373. The summed E-state index contributed by atoms with van der Waals surface area (Å²) in [6.07, 6.45) is 4.92. The molecule has 6 aliphatic rings. The number of ether oxygens (including phenoxy) is 4. The van der Waals surface area contributed by atoms with Crippen LogP contribution >= 0.6 is 45.9 Å². The number of hydrogen-bond acceptors (Lipinski definition) is 20. The van der Waals surface area contributed by atoms with Gasteiger partial charge < -0.3 is 39.4 Å². The lowest BCUT2D eigenvalue weighted by atomic mass is 9.95. The highest BCUT2D eigenvalue weighted by Gasteiger charge is 2.45. The van der Waals surface area contributed by atoms with E-state index in [-0.39, 0.29) is 63.4 Å². The second-order valence-electron chi connectivity index (χ2n) is 23.4. The first kappa shape index (κ1) is 67.7. The van der Waals surface area contributed by atoms with Crippen molar-refractivity contribution in [3.63, 3.8) is 0 Å². The molecule has 0 radical (unpaired) electrons. The van der Waals surface area contributed by atoms with Crippen molar-refractivity contribution in [2.45, 2.75) is 76.7 Å². The van der Waals surface area contributed by atoms with Gasteiger partial charge in [0.2, 0.25) is 0 Å². The van der Waals surface area contributed by atoms with Gasteiger partial charge in [-0.3, -0.25) is 39.2 Å². The van der Waals surface area contributed by atoms with Crippen LogP contribution in [0.5, 0.6) is 0 Å². The molecular formula is C67H70Cl2F2N12O10S2. The summed E-state index contributed by atoms with van der Waals surface area (Å²) in [4.78, 5) is 107. The number of methoxy groups -OCH3 is 2. The monoisotopic (exact) mass is 1370 g/mol. The highest BCUT2D eigenvalue weighted by molar-refractivity contribution is 7.12. The average Bonchev–Trinajstić information content (AvgIpc) is 1.76. The number of anilines is 2. The number of halogens is 4. The molecule has 4 aromatic carbocycles. The smallest absolute Gasteiger partial charge is 0.338 e. The van der Waals surface area contributed by atoms with Gasteiger partial charge in [-0.2, -0.15) is 0 Å². The van der Waals surface area contributed by atoms with E-state index in [1.165, 1.54) is 73.3 Å². The van der Waals surface area contributed by atoms with Crippen molar-refractivity contribution in [1.29, 1.82) is 0 Å². The van der Waals surface area contributed by atoms with Gasteiger partial charge in [-0.05, 0) is 93.3 Å². The largest absolute Gasteiger partial charge is 0.466 e. The topological polar surface area (TPSA) is 233 Å². The minimum atomic E-state index is -0.852. The summed E-state index contributed by atoms with van der Waals surface area (Å²) in [6.45, 7) is 10.8. The Morgan fingerprint density at radius 2 is 1.04 bits per heavy atom. The van der Waals surface area contributed by atoms with Crippen LogP contribution in [0.2, 0.25) is 10.0 Å². The van der Waals surface area contributed by atoms with E-state index >= 15 is 0 Å². The molecule has 12 rings (SSSR count). The molecule has 8 heterocycles. The fourth-order valence-electron chi connectivity index (χ4n) is 12.4. The number of fused-ring (bicyclic) bond motifs is 2. The first-order valence-corrected chi connectivity index (χ1v) is 33.5. The number of hydrogen-bond donors (Lipinski definition) is 2. The quantitative estimate of drug-likeness (QED) is 0.0535. The Balaban J connectivity index is 0.000000193. The van der Waals surface area contributed by atoms with Crippen LogP contribution in [0.3, 0.4) is 0 Å². The Bertz CT molecular complexity index is 3970. The summed E-state index contributed by atoms with van der Waals surface area (Å²) in [5.41, 5.74) is 6.21. The number of nitrogens with one attached hydrogen (secondary N) is 2. The van der Waals surface area contributed by atoms with Gasteiger partial charge in [-0.15, -0.1) is 22.7 Å². The Labute approximate surface area is 565 Å². The number of urea groups is 2. The number of aliphatic imine (C=N–C) groups is 2. The van der Waals surface area contributed by atoms with E-state index in [2.05, 4.69) is 30.4 Å². The number of aromatic nitrogens is 2. The standard InChI is InChI=1S/C34H36ClFN6O5S.C33H34ClFN6O5S/c1-20(2)47-28(43)11-6-21-4-8-23(9-5-21)42-18-24-17-40(13-14-41(24)34(42)45)19-27-29(33(44)46-3)30(25-10-7-22(36)16-26(25)35)39-31(38-27)32-37-12-15-48-32;1-3-46-27(42)11-6-20-4-8-22(9-5-20)41-18-23-17-39(13-14-40(23)33(41)44)19-26-28(32(43)45-2)29(24-10-7-21(35)16-25(24)34)38-30(37-26)31-36-12-15-47-31/h4-5,7-10,12,15-16,20,24,30H,6,11,13-14,17-19H2,1-3H3,(H,38,39);4-5,7-10,12,15-16,23,29H,3,6,11,13-14,17-19H2,1-2H3,(H,37,38)/t24-,30-;23-,29-/m00/s1. The second-order valence-corrected chi connectivity index (χ2v) is 26.0. The molecule has 4 amide bonds. The number of thiazole rings is 2. The molecule has 95 heavy (non-hydrogen) atoms. The minimum Gasteiger partial charge on any atom is -0.466 e. The molecule has 0 unspecified atom stereocenters. The van der Waals surface area contributed by atoms with Crippen LogP contribution in [-0.4, -0.2) is 182 Å². The Morgan fingerprint density at radius 1 is 0.611 bits per heavy atom. The molecule has 6 aromatic rings. The number of carbonyl (C=O) groups is 6. The van der Waals surface area contributed by atoms with E-state index in [1.807, 2.05) is 82.9 Å². The molecule has 0 bridgehead atoms. The number of carbonyl (C=O) groups excluding carboxylic acids is 6. The number of piperazine rings is 2. The lowest BCUT2D eigenvalue weighted by Gasteiger charge is -2.38. The number of nitrogens with zero attached hydrogens (tertiary/aromatic N) is 10. The second kappa shape index (κ2) is 30.4. The molecular weight excluding hydrogens is 1310 g/mol. The van der Waals surface area contributed by atoms with Gasteiger partial charge in [0.25, 0.3) is 0 Å². The lowest BCUT2D eigenvalue weighted by molar-refractivity contribution is -0.147. The van der Waals surface area contributed by atoms with Gasteiger partial charge in [-0.25, -0.2) is 37.9 Å². The van der Waals surface area contributed by atoms with E-state index in [4.69, 9.17) is 52.1 Å². The van der Waals surface area contributed by atoms with Crippen molar-refractivity contribution in [3.05, 3.63) is 185 Å². The molecule has 22 nitrogen and oxygen atoms in total. The first-order chi connectivity index (χ1) is 45.9. The van der Waals surface area contributed by atoms with Crippen LogP contribution in [0.1, 0.15) is 78.0 Å². The van der Waals surface area contributed by atoms with Gasteiger partial charge in [0.05, 0.1) is 50.2 Å². The van der Waals surface area contributed by atoms with Crippen LogP contribution in [0.25, 0.3) is 0 Å². The number of rotatable bonds is 20. The van der Waals surface area contributed by atoms with Crippen LogP contribution in [-0.2, 0) is 51.0 Å². The number of amidine groups is 2. The van der Waals surface area contributed by atoms with Gasteiger partial charge in [0, 0.05) is 145 Å². The predicted octanol–water partition coefficient (Wildman–Crippen LogP) is 9.54. The van der Waals surface area contributed by atoms with Gasteiger partial charge in [0.1, 0.15) is 23.7 Å². The summed E-state index contributed by atoms with van der Waals surface area (Å²) in [6, 6.07) is 21.5. The maximum absolute atomic E-state index is 14.0. The summed E-state index contributed by atoms with van der Waals surface area (Å²) in [5.74, 6) is -1.67. The van der Waals surface area contributed by atoms with Crippen LogP contribution in [0.15, 0.2) is 141 Å². The van der Waals surface area contributed by atoms with Gasteiger partial charge >= 0.3 is 35.9 Å². The van der Waals surface area contributed by atoms with E-state index in [0.717, 1.165) is 22.5 Å². The number of benzene rings is 4. The third-order valence-electron chi connectivity index (χ3n) is 16.9. The van der Waals surface area contributed by atoms with Crippen molar-refractivity contribution in [3.8, 4) is 0 Å². The first-order valence-electron chi connectivity index (χ1n) is 31.0. The summed E-state index contributed by atoms with van der Waals surface area (Å²) in [7, 11) is 2.61. The molecule has 28 heteroatoms. The van der Waals surface area contributed by atoms with E-state index in [0.29, 0.717) is 142 Å². The Kier molecular flexibility index (Phi) is 21.7. The van der Waals surface area contributed by atoms with Crippen molar-refractivity contribution >= 4 is 105 Å². The zero-order chi connectivity index (χ0) is 67.0. The van der Waals surface area contributed by atoms with Crippen molar-refractivity contribution in [1.82, 2.24) is 40.2 Å². The minimum absolute atomic E-state index is 0.0524. The Morgan fingerprint density at radius 3 is 1.42 bits per heavy atom. The van der Waals surface area contributed by atoms with Gasteiger partial charge in [0.15, 0.2) is 21.7 Å².